The van der Waals surface area contributed by atoms with Gasteiger partial charge >= 0.3 is 0 Å². The highest BCUT2D eigenvalue weighted by Gasteiger charge is 2.31. The molecule has 1 aromatic heterocycles. The molecule has 1 fully saturated rings. The minimum atomic E-state index is -0.585. The number of aromatic nitrogens is 1. The average molecular weight is 303 g/mol. The largest absolute Gasteiger partial charge is 0.358 e. The highest BCUT2D eigenvalue weighted by Crippen LogP contribution is 2.18. The fraction of sp³-hybridized carbons (Fsp3) is 0.250. The van der Waals surface area contributed by atoms with E-state index in [1.54, 1.807) is 29.2 Å². The summed E-state index contributed by atoms with van der Waals surface area (Å²) >= 11 is 0. The normalized spacial score (nSPS) is 17.8. The van der Waals surface area contributed by atoms with Gasteiger partial charge in [0.15, 0.2) is 0 Å². The number of carbonyl (C=O) groups excluding carboxylic acids is 1. The smallest absolute Gasteiger partial charge is 0.245 e. The average Bonchev–Trinajstić information content (AvgIpc) is 2.83. The Morgan fingerprint density at radius 2 is 1.95 bits per heavy atom. The van der Waals surface area contributed by atoms with Crippen molar-refractivity contribution in [1.29, 1.82) is 0 Å². The molecule has 114 valence electrons. The van der Waals surface area contributed by atoms with E-state index < -0.39 is 12.0 Å². The quantitative estimate of drug-likeness (QED) is 0.883. The van der Waals surface area contributed by atoms with Crippen molar-refractivity contribution in [3.8, 4) is 0 Å². The van der Waals surface area contributed by atoms with Gasteiger partial charge in [-0.2, -0.15) is 4.39 Å². The second kappa shape index (κ2) is 6.09. The summed E-state index contributed by atoms with van der Waals surface area (Å²) in [6.07, 6.45) is 0.623. The number of nitrogens with zero attached hydrogens (tertiary/aromatic N) is 2. The van der Waals surface area contributed by atoms with E-state index in [2.05, 4.69) is 10.3 Å². The molecule has 1 unspecified atom stereocenters. The molecule has 1 atom stereocenters. The van der Waals surface area contributed by atoms with Crippen LogP contribution in [-0.2, 0) is 11.3 Å². The van der Waals surface area contributed by atoms with Gasteiger partial charge in [-0.1, -0.05) is 18.2 Å². The number of hydrogen-bond donors (Lipinski definition) is 1. The number of halogens is 2. The molecule has 1 N–H and O–H groups in total. The SMILES string of the molecule is O=C1C(Nc2cccc(F)n2)CCN1Cc1ccc(F)cc1. The molecule has 0 saturated carbocycles. The summed E-state index contributed by atoms with van der Waals surface area (Å²) in [5.41, 5.74) is 0.874. The van der Waals surface area contributed by atoms with Crippen LogP contribution >= 0.6 is 0 Å². The fourth-order valence-corrected chi connectivity index (χ4v) is 2.51. The Hall–Kier alpha value is -2.50. The Labute approximate surface area is 126 Å². The number of likely N-dealkylation sites (tertiary alicyclic amines) is 1. The molecule has 4 nitrogen and oxygen atoms in total. The van der Waals surface area contributed by atoms with E-state index >= 15 is 0 Å². The highest BCUT2D eigenvalue weighted by atomic mass is 19.1. The van der Waals surface area contributed by atoms with E-state index in [-0.39, 0.29) is 11.7 Å². The second-order valence-electron chi connectivity index (χ2n) is 5.22. The number of pyridine rings is 1. The Morgan fingerprint density at radius 3 is 2.68 bits per heavy atom. The van der Waals surface area contributed by atoms with Crippen LogP contribution in [0.5, 0.6) is 0 Å². The standard InChI is InChI=1S/C16H15F2N3O/c17-12-6-4-11(5-7-12)10-21-9-8-13(16(21)22)19-15-3-1-2-14(18)20-15/h1-7,13H,8-10H2,(H,19,20). The third-order valence-electron chi connectivity index (χ3n) is 3.62. The number of carbonyl (C=O) groups is 1. The molecule has 1 aliphatic rings. The van der Waals surface area contributed by atoms with E-state index in [1.165, 1.54) is 18.2 Å². The maximum absolute atomic E-state index is 13.1. The molecular weight excluding hydrogens is 288 g/mol. The topological polar surface area (TPSA) is 45.2 Å². The molecule has 0 bridgehead atoms. The monoisotopic (exact) mass is 303 g/mol. The molecule has 3 rings (SSSR count). The first-order valence-electron chi connectivity index (χ1n) is 7.04. The molecule has 0 radical (unpaired) electrons. The minimum Gasteiger partial charge on any atom is -0.358 e. The predicted octanol–water partition coefficient (Wildman–Crippen LogP) is 2.57. The number of nitrogens with one attached hydrogen (secondary N) is 1. The summed E-state index contributed by atoms with van der Waals surface area (Å²) in [6, 6.07) is 10.1. The van der Waals surface area contributed by atoms with Crippen LogP contribution in [0.3, 0.4) is 0 Å². The first-order valence-corrected chi connectivity index (χ1v) is 7.04. The first kappa shape index (κ1) is 14.4. The summed E-state index contributed by atoms with van der Waals surface area (Å²) in [7, 11) is 0. The first-order chi connectivity index (χ1) is 10.6. The maximum Gasteiger partial charge on any atom is 0.245 e. The lowest BCUT2D eigenvalue weighted by Gasteiger charge is -2.17. The zero-order chi connectivity index (χ0) is 15.5. The number of hydrogen-bond acceptors (Lipinski definition) is 3. The van der Waals surface area contributed by atoms with Gasteiger partial charge in [0, 0.05) is 13.1 Å². The van der Waals surface area contributed by atoms with Crippen LogP contribution in [0.2, 0.25) is 0 Å². The maximum atomic E-state index is 13.1. The summed E-state index contributed by atoms with van der Waals surface area (Å²) in [4.78, 5) is 17.7. The van der Waals surface area contributed by atoms with Crippen molar-refractivity contribution in [1.82, 2.24) is 9.88 Å². The predicted molar refractivity (Wildman–Crippen MR) is 78.0 cm³/mol. The van der Waals surface area contributed by atoms with Crippen LogP contribution in [0.1, 0.15) is 12.0 Å². The van der Waals surface area contributed by atoms with E-state index in [4.69, 9.17) is 0 Å². The van der Waals surface area contributed by atoms with Crippen molar-refractivity contribution in [2.24, 2.45) is 0 Å². The molecule has 0 aliphatic carbocycles. The van der Waals surface area contributed by atoms with Crippen LogP contribution in [0.25, 0.3) is 0 Å². The zero-order valence-electron chi connectivity index (χ0n) is 11.8. The molecule has 6 heteroatoms. The van der Waals surface area contributed by atoms with E-state index in [0.717, 1.165) is 5.56 Å². The summed E-state index contributed by atoms with van der Waals surface area (Å²) in [5, 5.41) is 2.95. The molecule has 1 saturated heterocycles. The third kappa shape index (κ3) is 3.21. The van der Waals surface area contributed by atoms with Crippen LogP contribution < -0.4 is 5.32 Å². The molecule has 2 heterocycles. The van der Waals surface area contributed by atoms with Gasteiger partial charge in [0.05, 0.1) is 0 Å². The van der Waals surface area contributed by atoms with E-state index in [0.29, 0.717) is 25.3 Å². The number of amides is 1. The number of benzene rings is 1. The Kier molecular flexibility index (Phi) is 4.00. The summed E-state index contributed by atoms with van der Waals surface area (Å²) < 4.78 is 25.9. The van der Waals surface area contributed by atoms with Gasteiger partial charge in [-0.05, 0) is 36.2 Å². The van der Waals surface area contributed by atoms with E-state index in [9.17, 15) is 13.6 Å². The van der Waals surface area contributed by atoms with Crippen molar-refractivity contribution in [2.75, 3.05) is 11.9 Å². The van der Waals surface area contributed by atoms with Crippen molar-refractivity contribution in [2.45, 2.75) is 19.0 Å². The molecule has 1 amide bonds. The van der Waals surface area contributed by atoms with Gasteiger partial charge < -0.3 is 10.2 Å². The lowest BCUT2D eigenvalue weighted by molar-refractivity contribution is -0.128. The van der Waals surface area contributed by atoms with Crippen LogP contribution in [0, 0.1) is 11.8 Å². The molecule has 22 heavy (non-hydrogen) atoms. The number of anilines is 1. The van der Waals surface area contributed by atoms with Crippen LogP contribution in [0.15, 0.2) is 42.5 Å². The zero-order valence-corrected chi connectivity index (χ0v) is 11.8. The van der Waals surface area contributed by atoms with Gasteiger partial charge in [0.25, 0.3) is 0 Å². The fourth-order valence-electron chi connectivity index (χ4n) is 2.51. The summed E-state index contributed by atoms with van der Waals surface area (Å²) in [6.45, 7) is 1.04. The van der Waals surface area contributed by atoms with Crippen molar-refractivity contribution < 1.29 is 13.6 Å². The van der Waals surface area contributed by atoms with Gasteiger partial charge in [0.1, 0.15) is 17.7 Å². The number of rotatable bonds is 4. The van der Waals surface area contributed by atoms with Crippen molar-refractivity contribution in [3.63, 3.8) is 0 Å². The lowest BCUT2D eigenvalue weighted by atomic mass is 10.2. The minimum absolute atomic E-state index is 0.0598. The molecule has 0 spiro atoms. The van der Waals surface area contributed by atoms with Crippen molar-refractivity contribution >= 4 is 11.7 Å². The third-order valence-corrected chi connectivity index (χ3v) is 3.62. The van der Waals surface area contributed by atoms with Gasteiger partial charge in [-0.15, -0.1) is 0 Å². The van der Waals surface area contributed by atoms with Gasteiger partial charge in [-0.3, -0.25) is 4.79 Å². The van der Waals surface area contributed by atoms with E-state index in [1.807, 2.05) is 0 Å². The van der Waals surface area contributed by atoms with Crippen LogP contribution in [0.4, 0.5) is 14.6 Å². The second-order valence-corrected chi connectivity index (χ2v) is 5.22. The molecular formula is C16H15F2N3O. The Bertz CT molecular complexity index is 675. The Balaban J connectivity index is 1.63. The molecule has 1 aromatic carbocycles. The molecule has 2 aromatic rings. The highest BCUT2D eigenvalue weighted by molar-refractivity contribution is 5.86. The molecule has 1 aliphatic heterocycles. The lowest BCUT2D eigenvalue weighted by Crippen LogP contribution is -2.33. The van der Waals surface area contributed by atoms with Gasteiger partial charge in [0.2, 0.25) is 11.9 Å². The van der Waals surface area contributed by atoms with Gasteiger partial charge in [-0.25, -0.2) is 9.37 Å². The Morgan fingerprint density at radius 1 is 1.18 bits per heavy atom. The summed E-state index contributed by atoms with van der Waals surface area (Å²) in [5.74, 6) is -0.593. The van der Waals surface area contributed by atoms with Crippen molar-refractivity contribution in [3.05, 3.63) is 59.8 Å². The van der Waals surface area contributed by atoms with Crippen LogP contribution in [-0.4, -0.2) is 28.4 Å².